The molecule has 0 saturated carbocycles. The molecule has 1 unspecified atom stereocenters. The van der Waals surface area contributed by atoms with E-state index >= 15 is 0 Å². The molecule has 2 aliphatic rings. The molecule has 1 fully saturated rings. The summed E-state index contributed by atoms with van der Waals surface area (Å²) in [7, 11) is 0. The van der Waals surface area contributed by atoms with Gasteiger partial charge in [-0.1, -0.05) is 0 Å². The van der Waals surface area contributed by atoms with Crippen LogP contribution in [0.4, 0.5) is 4.79 Å². The second-order valence-corrected chi connectivity index (χ2v) is 5.35. The summed E-state index contributed by atoms with van der Waals surface area (Å²) in [6.45, 7) is 2.33. The molecular formula is C13H19N3O8. The summed E-state index contributed by atoms with van der Waals surface area (Å²) in [5.74, 6) is -3.13. The maximum Gasteiger partial charge on any atom is 0.327 e. The molecule has 11 nitrogen and oxygen atoms in total. The predicted octanol–water partition coefficient (Wildman–Crippen LogP) is -1.24. The van der Waals surface area contributed by atoms with Gasteiger partial charge in [0, 0.05) is 32.5 Å². The minimum absolute atomic E-state index is 0.134. The molecule has 0 spiro atoms. The third kappa shape index (κ3) is 4.20. The smallest absolute Gasteiger partial charge is 0.327 e. The van der Waals surface area contributed by atoms with Gasteiger partial charge in [0.1, 0.15) is 25.0 Å². The fourth-order valence-electron chi connectivity index (χ4n) is 2.37. The fraction of sp³-hybridized carbons (Fsp3) is 0.615. The molecule has 2 heterocycles. The molecule has 0 aliphatic carbocycles. The first-order valence-corrected chi connectivity index (χ1v) is 7.13. The average molecular weight is 345 g/mol. The third-order valence-corrected chi connectivity index (χ3v) is 3.44. The van der Waals surface area contributed by atoms with E-state index < -0.39 is 42.3 Å². The van der Waals surface area contributed by atoms with Crippen LogP contribution in [0.2, 0.25) is 0 Å². The monoisotopic (exact) mass is 345 g/mol. The summed E-state index contributed by atoms with van der Waals surface area (Å²) >= 11 is 0. The highest BCUT2D eigenvalue weighted by molar-refractivity contribution is 5.77. The highest BCUT2D eigenvalue weighted by Gasteiger charge is 2.44. The Morgan fingerprint density at radius 1 is 1.50 bits per heavy atom. The summed E-state index contributed by atoms with van der Waals surface area (Å²) in [6, 6.07) is -0.749. The topological polar surface area (TPSA) is 147 Å². The summed E-state index contributed by atoms with van der Waals surface area (Å²) in [4.78, 5) is 35.3. The van der Waals surface area contributed by atoms with Gasteiger partial charge in [0.05, 0.1) is 0 Å². The van der Waals surface area contributed by atoms with Gasteiger partial charge in [0.15, 0.2) is 0 Å². The molecule has 2 rings (SSSR count). The number of nitrogens with zero attached hydrogens (tertiary/aromatic N) is 1. The molecule has 0 radical (unpaired) electrons. The van der Waals surface area contributed by atoms with Crippen molar-refractivity contribution in [1.82, 2.24) is 15.7 Å². The molecule has 2 amide bonds. The van der Waals surface area contributed by atoms with E-state index in [-0.39, 0.29) is 13.0 Å². The number of hydroxylamine groups is 1. The van der Waals surface area contributed by atoms with Crippen LogP contribution in [0, 0.1) is 0 Å². The van der Waals surface area contributed by atoms with Crippen LogP contribution in [0.15, 0.2) is 12.3 Å². The van der Waals surface area contributed by atoms with Crippen molar-refractivity contribution in [2.45, 2.75) is 44.6 Å². The number of esters is 2. The predicted molar refractivity (Wildman–Crippen MR) is 74.8 cm³/mol. The molecule has 134 valence electrons. The molecule has 11 heteroatoms. The van der Waals surface area contributed by atoms with E-state index in [0.29, 0.717) is 0 Å². The number of carbonyl (C=O) groups excluding carboxylic acids is 3. The molecule has 2 aliphatic heterocycles. The van der Waals surface area contributed by atoms with Crippen LogP contribution in [-0.2, 0) is 23.8 Å². The first kappa shape index (κ1) is 18.1. The van der Waals surface area contributed by atoms with Gasteiger partial charge in [-0.25, -0.2) is 4.79 Å². The van der Waals surface area contributed by atoms with E-state index in [1.54, 1.807) is 5.48 Å². The van der Waals surface area contributed by atoms with E-state index in [4.69, 9.17) is 19.4 Å². The lowest BCUT2D eigenvalue weighted by Gasteiger charge is -2.34. The van der Waals surface area contributed by atoms with E-state index in [2.05, 4.69) is 5.32 Å². The molecular weight excluding hydrogens is 326 g/mol. The fourth-order valence-corrected chi connectivity index (χ4v) is 2.37. The number of carbonyl (C=O) groups is 3. The van der Waals surface area contributed by atoms with Crippen molar-refractivity contribution < 1.29 is 38.9 Å². The van der Waals surface area contributed by atoms with Gasteiger partial charge < -0.3 is 24.5 Å². The molecule has 1 saturated heterocycles. The van der Waals surface area contributed by atoms with Gasteiger partial charge in [0.2, 0.25) is 5.85 Å². The third-order valence-electron chi connectivity index (χ3n) is 3.44. The largest absolute Gasteiger partial charge is 0.463 e. The molecule has 0 aromatic carbocycles. The Hall–Kier alpha value is -2.21. The lowest BCUT2D eigenvalue weighted by Crippen LogP contribution is -2.62. The molecule has 0 aromatic heterocycles. The van der Waals surface area contributed by atoms with Crippen molar-refractivity contribution in [2.75, 3.05) is 6.61 Å². The second-order valence-electron chi connectivity index (χ2n) is 5.35. The number of rotatable bonds is 5. The first-order valence-electron chi connectivity index (χ1n) is 7.13. The second kappa shape index (κ2) is 7.13. The number of ether oxygens (including phenoxy) is 3. The van der Waals surface area contributed by atoms with E-state index in [1.807, 2.05) is 0 Å². The minimum atomic E-state index is -2.08. The summed E-state index contributed by atoms with van der Waals surface area (Å²) in [6.07, 6.45) is 0.206. The lowest BCUT2D eigenvalue weighted by atomic mass is 10.1. The normalized spacial score (nSPS) is 32.4. The minimum Gasteiger partial charge on any atom is -0.463 e. The summed E-state index contributed by atoms with van der Waals surface area (Å²) in [5.41, 5.74) is 1.54. The number of amides is 2. The highest BCUT2D eigenvalue weighted by Crippen LogP contribution is 2.28. The highest BCUT2D eigenvalue weighted by atomic mass is 16.6. The van der Waals surface area contributed by atoms with E-state index in [0.717, 1.165) is 11.0 Å². The van der Waals surface area contributed by atoms with Crippen LogP contribution >= 0.6 is 0 Å². The number of hydrogen-bond donors (Lipinski definition) is 4. The SMILES string of the molecule is CC(=O)OC[C@H]1O[C@@H](N2C=CC(O)(NO)NC2=O)C[C@@H]1OC(C)=O. The Kier molecular flexibility index (Phi) is 5.39. The van der Waals surface area contributed by atoms with Crippen molar-refractivity contribution >= 4 is 18.0 Å². The van der Waals surface area contributed by atoms with Crippen LogP contribution in [0.3, 0.4) is 0 Å². The van der Waals surface area contributed by atoms with Gasteiger partial charge >= 0.3 is 18.0 Å². The Balaban J connectivity index is 2.08. The Morgan fingerprint density at radius 3 is 2.75 bits per heavy atom. The van der Waals surface area contributed by atoms with Crippen LogP contribution < -0.4 is 10.8 Å². The Bertz CT molecular complexity index is 553. The van der Waals surface area contributed by atoms with Gasteiger partial charge in [-0.05, 0) is 0 Å². The number of urea groups is 1. The first-order chi connectivity index (χ1) is 11.2. The maximum atomic E-state index is 12.0. The van der Waals surface area contributed by atoms with Crippen molar-refractivity contribution in [3.8, 4) is 0 Å². The van der Waals surface area contributed by atoms with E-state index in [1.165, 1.54) is 20.0 Å². The zero-order valence-electron chi connectivity index (χ0n) is 13.1. The Labute approximate surface area is 137 Å². The quantitative estimate of drug-likeness (QED) is 0.273. The van der Waals surface area contributed by atoms with Gasteiger partial charge in [-0.15, -0.1) is 0 Å². The lowest BCUT2D eigenvalue weighted by molar-refractivity contribution is -0.155. The van der Waals surface area contributed by atoms with E-state index in [9.17, 15) is 19.5 Å². The Morgan fingerprint density at radius 2 is 2.21 bits per heavy atom. The van der Waals surface area contributed by atoms with Crippen LogP contribution in [-0.4, -0.2) is 64.1 Å². The molecule has 24 heavy (non-hydrogen) atoms. The standard InChI is InChI=1S/C13H19N3O8/c1-7(17)22-6-10-9(23-8(2)18)5-11(24-10)16-4-3-13(20,15-21)14-12(16)19/h3-4,9-11,15,20-21H,5-6H2,1-2H3,(H,14,19)/t9-,10+,11+,13?/m0/s1. The van der Waals surface area contributed by atoms with Crippen LogP contribution in [0.5, 0.6) is 0 Å². The maximum absolute atomic E-state index is 12.0. The zero-order valence-corrected chi connectivity index (χ0v) is 13.1. The van der Waals surface area contributed by atoms with Gasteiger partial charge in [0.25, 0.3) is 0 Å². The van der Waals surface area contributed by atoms with Crippen LogP contribution in [0.1, 0.15) is 20.3 Å². The van der Waals surface area contributed by atoms with Gasteiger partial charge in [-0.3, -0.25) is 19.8 Å². The number of hydrogen-bond acceptors (Lipinski definition) is 9. The summed E-state index contributed by atoms with van der Waals surface area (Å²) < 4.78 is 15.6. The molecule has 0 aromatic rings. The molecule has 0 bridgehead atoms. The van der Waals surface area contributed by atoms with Crippen molar-refractivity contribution in [1.29, 1.82) is 0 Å². The summed E-state index contributed by atoms with van der Waals surface area (Å²) in [5, 5.41) is 20.6. The van der Waals surface area contributed by atoms with Crippen molar-refractivity contribution in [2.24, 2.45) is 0 Å². The van der Waals surface area contributed by atoms with Crippen molar-refractivity contribution in [3.05, 3.63) is 12.3 Å². The molecule has 4 N–H and O–H groups in total. The number of nitrogens with one attached hydrogen (secondary N) is 2. The van der Waals surface area contributed by atoms with Crippen LogP contribution in [0.25, 0.3) is 0 Å². The zero-order chi connectivity index (χ0) is 17.9. The van der Waals surface area contributed by atoms with Crippen molar-refractivity contribution in [3.63, 3.8) is 0 Å². The number of aliphatic hydroxyl groups is 1. The van der Waals surface area contributed by atoms with Gasteiger partial charge in [-0.2, -0.15) is 5.48 Å². The molecule has 4 atom stereocenters. The average Bonchev–Trinajstić information content (AvgIpc) is 2.87.